The van der Waals surface area contributed by atoms with Crippen LogP contribution in [0.15, 0.2) is 58.8 Å². The predicted molar refractivity (Wildman–Crippen MR) is 143 cm³/mol. The monoisotopic (exact) mass is 545 g/mol. The van der Waals surface area contributed by atoms with Crippen molar-refractivity contribution in [2.45, 2.75) is 43.8 Å². The lowest BCUT2D eigenvalue weighted by Gasteiger charge is -2.17. The van der Waals surface area contributed by atoms with Crippen LogP contribution in [-0.2, 0) is 33.5 Å². The highest BCUT2D eigenvalue weighted by atomic mass is 35.5. The van der Waals surface area contributed by atoms with Crippen molar-refractivity contribution in [2.75, 3.05) is 7.11 Å². The van der Waals surface area contributed by atoms with Crippen LogP contribution in [0.2, 0.25) is 4.34 Å². The third kappa shape index (κ3) is 5.74. The minimum Gasteiger partial charge on any atom is -0.496 e. The smallest absolute Gasteiger partial charge is 0.225 e. The Bertz CT molecular complexity index is 1520. The number of nitrogens with one attached hydrogen (secondary N) is 1. The minimum absolute atomic E-state index is 0.0176. The molecule has 1 amide bonds. The molecular formula is C26H28ClN3O4S2. The van der Waals surface area contributed by atoms with Gasteiger partial charge >= 0.3 is 0 Å². The molecule has 7 nitrogen and oxygen atoms in total. The molecule has 36 heavy (non-hydrogen) atoms. The van der Waals surface area contributed by atoms with Crippen LogP contribution in [0.4, 0.5) is 0 Å². The zero-order valence-electron chi connectivity index (χ0n) is 20.5. The van der Waals surface area contributed by atoms with Gasteiger partial charge in [-0.3, -0.25) is 9.48 Å². The largest absolute Gasteiger partial charge is 0.496 e. The molecule has 0 unspecified atom stereocenters. The number of ether oxygens (including phenoxy) is 1. The Hall–Kier alpha value is -2.88. The van der Waals surface area contributed by atoms with E-state index < -0.39 is 15.3 Å². The van der Waals surface area contributed by atoms with Gasteiger partial charge in [0.1, 0.15) is 15.7 Å². The van der Waals surface area contributed by atoms with Gasteiger partial charge in [-0.25, -0.2) is 8.42 Å². The van der Waals surface area contributed by atoms with E-state index in [2.05, 4.69) is 5.32 Å². The summed E-state index contributed by atoms with van der Waals surface area (Å²) in [7, 11) is -2.09. The van der Waals surface area contributed by atoms with Crippen LogP contribution in [0.25, 0.3) is 10.9 Å². The predicted octanol–water partition coefficient (Wildman–Crippen LogP) is 5.44. The van der Waals surface area contributed by atoms with Gasteiger partial charge in [0.15, 0.2) is 9.84 Å². The number of aromatic nitrogens is 2. The van der Waals surface area contributed by atoms with E-state index in [1.807, 2.05) is 57.2 Å². The fourth-order valence-corrected chi connectivity index (χ4v) is 6.69. The van der Waals surface area contributed by atoms with Crippen LogP contribution in [0.3, 0.4) is 0 Å². The highest BCUT2D eigenvalue weighted by molar-refractivity contribution is 7.92. The third-order valence-corrected chi connectivity index (χ3v) is 9.11. The molecule has 1 N–H and O–H groups in total. The summed E-state index contributed by atoms with van der Waals surface area (Å²) in [4.78, 5) is 12.2. The lowest BCUT2D eigenvalue weighted by atomic mass is 9.95. The molecule has 2 aromatic carbocycles. The van der Waals surface area contributed by atoms with Crippen LogP contribution < -0.4 is 10.1 Å². The molecule has 4 aromatic rings. The van der Waals surface area contributed by atoms with Crippen molar-refractivity contribution in [3.05, 3.63) is 75.8 Å². The van der Waals surface area contributed by atoms with Crippen molar-refractivity contribution in [1.82, 2.24) is 15.1 Å². The Balaban J connectivity index is 1.65. The highest BCUT2D eigenvalue weighted by Gasteiger charge is 2.24. The van der Waals surface area contributed by atoms with Gasteiger partial charge in [0.25, 0.3) is 0 Å². The summed E-state index contributed by atoms with van der Waals surface area (Å²) < 4.78 is 34.1. The molecule has 0 saturated carbocycles. The van der Waals surface area contributed by atoms with E-state index in [0.29, 0.717) is 34.3 Å². The molecule has 190 valence electrons. The normalized spacial score (nSPS) is 12.1. The average Bonchev–Trinajstić information content (AvgIpc) is 3.41. The van der Waals surface area contributed by atoms with Crippen molar-refractivity contribution < 1.29 is 17.9 Å². The molecule has 0 bridgehead atoms. The fraction of sp³-hybridized carbons (Fsp3) is 0.308. The molecule has 0 spiro atoms. The number of sulfone groups is 1. The summed E-state index contributed by atoms with van der Waals surface area (Å²) in [6.45, 7) is 6.47. The Morgan fingerprint density at radius 1 is 1.11 bits per heavy atom. The van der Waals surface area contributed by atoms with Gasteiger partial charge in [-0.1, -0.05) is 62.7 Å². The molecule has 0 fully saturated rings. The maximum absolute atomic E-state index is 13.1. The van der Waals surface area contributed by atoms with Crippen LogP contribution in [0.5, 0.6) is 5.75 Å². The van der Waals surface area contributed by atoms with Crippen LogP contribution in [0, 0.1) is 5.41 Å². The number of methoxy groups -OCH3 is 1. The second kappa shape index (κ2) is 10.2. The van der Waals surface area contributed by atoms with E-state index in [-0.39, 0.29) is 15.9 Å². The summed E-state index contributed by atoms with van der Waals surface area (Å²) in [6.07, 6.45) is 0. The maximum atomic E-state index is 13.1. The van der Waals surface area contributed by atoms with Gasteiger partial charge in [-0.2, -0.15) is 5.10 Å². The molecule has 2 heterocycles. The number of carbonyl (C=O) groups excluding carboxylic acids is 1. The zero-order valence-corrected chi connectivity index (χ0v) is 22.9. The lowest BCUT2D eigenvalue weighted by Crippen LogP contribution is -2.34. The zero-order chi connectivity index (χ0) is 26.1. The Kier molecular flexibility index (Phi) is 7.45. The summed E-state index contributed by atoms with van der Waals surface area (Å²) in [5.74, 6) is 0.273. The molecule has 0 radical (unpaired) electrons. The molecule has 0 aliphatic heterocycles. The van der Waals surface area contributed by atoms with Gasteiger partial charge in [0, 0.05) is 12.0 Å². The van der Waals surface area contributed by atoms with Gasteiger partial charge in [-0.05, 0) is 35.4 Å². The summed E-state index contributed by atoms with van der Waals surface area (Å²) in [5.41, 5.74) is 2.67. The second-order valence-corrected chi connectivity index (χ2v) is 13.5. The number of halogens is 1. The standard InChI is InChI=1S/C26H28ClN3O4S2/c1-26(2,3)25(31)28-14-17-7-5-8-18(13-17)15-30-20-9-6-10-21(34-4)24(20)19(29-30)16-36(32,33)23-12-11-22(27)35-23/h5-13H,14-16H2,1-4H3,(H,28,31). The van der Waals surface area contributed by atoms with Crippen LogP contribution in [0.1, 0.15) is 37.6 Å². The number of nitrogens with zero attached hydrogens (tertiary/aromatic N) is 2. The molecule has 0 aliphatic carbocycles. The molecule has 0 atom stereocenters. The first-order valence-corrected chi connectivity index (χ1v) is 14.2. The topological polar surface area (TPSA) is 90.3 Å². The maximum Gasteiger partial charge on any atom is 0.225 e. The first-order chi connectivity index (χ1) is 17.0. The Morgan fingerprint density at radius 2 is 1.83 bits per heavy atom. The quantitative estimate of drug-likeness (QED) is 0.318. The first-order valence-electron chi connectivity index (χ1n) is 11.3. The van der Waals surface area contributed by atoms with E-state index in [9.17, 15) is 13.2 Å². The van der Waals surface area contributed by atoms with E-state index in [4.69, 9.17) is 21.4 Å². The number of hydrogen-bond donors (Lipinski definition) is 1. The van der Waals surface area contributed by atoms with Crippen molar-refractivity contribution in [3.8, 4) is 5.75 Å². The first kappa shape index (κ1) is 26.2. The summed E-state index contributed by atoms with van der Waals surface area (Å²) >= 11 is 7.00. The highest BCUT2D eigenvalue weighted by Crippen LogP contribution is 2.33. The van der Waals surface area contributed by atoms with Crippen molar-refractivity contribution in [2.24, 2.45) is 5.41 Å². The molecular weight excluding hydrogens is 518 g/mol. The third-order valence-electron chi connectivity index (χ3n) is 5.67. The fourth-order valence-electron chi connectivity index (χ4n) is 3.84. The molecule has 2 aromatic heterocycles. The van der Waals surface area contributed by atoms with E-state index in [1.165, 1.54) is 6.07 Å². The summed E-state index contributed by atoms with van der Waals surface area (Å²) in [5, 5.41) is 8.34. The van der Waals surface area contributed by atoms with Crippen molar-refractivity contribution in [3.63, 3.8) is 0 Å². The van der Waals surface area contributed by atoms with Crippen molar-refractivity contribution in [1.29, 1.82) is 0 Å². The van der Waals surface area contributed by atoms with E-state index >= 15 is 0 Å². The van der Waals surface area contributed by atoms with Crippen LogP contribution >= 0.6 is 22.9 Å². The number of thiophene rings is 1. The van der Waals surface area contributed by atoms with Gasteiger partial charge in [-0.15, -0.1) is 11.3 Å². The van der Waals surface area contributed by atoms with Gasteiger partial charge in [0.2, 0.25) is 5.91 Å². The Morgan fingerprint density at radius 3 is 2.50 bits per heavy atom. The number of amides is 1. The number of fused-ring (bicyclic) bond motifs is 1. The summed E-state index contributed by atoms with van der Waals surface area (Å²) in [6, 6.07) is 16.5. The number of hydrogen-bond acceptors (Lipinski definition) is 6. The van der Waals surface area contributed by atoms with E-state index in [0.717, 1.165) is 28.0 Å². The van der Waals surface area contributed by atoms with Crippen molar-refractivity contribution >= 4 is 49.6 Å². The number of carbonyl (C=O) groups is 1. The van der Waals surface area contributed by atoms with Crippen LogP contribution in [-0.4, -0.2) is 31.2 Å². The Labute approximate surface area is 220 Å². The number of benzene rings is 2. The molecule has 0 aliphatic rings. The SMILES string of the molecule is COc1cccc2c1c(CS(=O)(=O)c1ccc(Cl)s1)nn2Cc1cccc(CNC(=O)C(C)(C)C)c1. The van der Waals surface area contributed by atoms with Gasteiger partial charge in [0.05, 0.1) is 34.6 Å². The molecule has 0 saturated heterocycles. The van der Waals surface area contributed by atoms with Gasteiger partial charge < -0.3 is 10.1 Å². The molecule has 4 rings (SSSR count). The minimum atomic E-state index is -3.64. The molecule has 10 heteroatoms. The second-order valence-electron chi connectivity index (χ2n) is 9.53. The average molecular weight is 546 g/mol. The lowest BCUT2D eigenvalue weighted by molar-refractivity contribution is -0.128. The van der Waals surface area contributed by atoms with E-state index in [1.54, 1.807) is 23.9 Å². The number of rotatable bonds is 8.